The maximum Gasteiger partial charge on any atom is 0.325 e. The summed E-state index contributed by atoms with van der Waals surface area (Å²) in [6, 6.07) is 0. The fourth-order valence-electron chi connectivity index (χ4n) is 1.26. The second-order valence-corrected chi connectivity index (χ2v) is 6.00. The molecule has 0 aromatic rings. The van der Waals surface area contributed by atoms with Gasteiger partial charge in [-0.15, -0.1) is 0 Å². The zero-order valence-corrected chi connectivity index (χ0v) is 9.97. The average molecular weight is 226 g/mol. The van der Waals surface area contributed by atoms with E-state index >= 15 is 0 Å². The minimum absolute atomic E-state index is 0.0301. The van der Waals surface area contributed by atoms with E-state index in [-0.39, 0.29) is 17.3 Å². The maximum atomic E-state index is 10.8. The predicted octanol–water partition coefficient (Wildman–Crippen LogP) is 2.29. The van der Waals surface area contributed by atoms with Gasteiger partial charge in [0, 0.05) is 5.25 Å². The molecule has 0 aliphatic carbocycles. The number of hydrogen-bond acceptors (Lipinski definition) is 2. The first kappa shape index (κ1) is 13.5. The molecule has 0 aromatic heterocycles. The largest absolute Gasteiger partial charge is 0.325 e. The number of thiol groups is 1. The van der Waals surface area contributed by atoms with Crippen LogP contribution in [0.25, 0.3) is 0 Å². The van der Waals surface area contributed by atoms with Crippen LogP contribution < -0.4 is 0 Å². The van der Waals surface area contributed by atoms with Crippen LogP contribution in [-0.2, 0) is 4.57 Å². The highest BCUT2D eigenvalue weighted by Crippen LogP contribution is 2.39. The minimum Gasteiger partial charge on any atom is -0.324 e. The standard InChI is InChI=1S/C8H19O3PS/c1-3-4-5-8(7(2)13)6-12(9,10)11/h7-8,13H,3-6H2,1-2H3,(H2,9,10,11). The van der Waals surface area contributed by atoms with Gasteiger partial charge in [-0.25, -0.2) is 0 Å². The second kappa shape index (κ2) is 6.07. The van der Waals surface area contributed by atoms with E-state index in [9.17, 15) is 4.57 Å². The first-order valence-corrected chi connectivity index (χ1v) is 6.91. The molecular formula is C8H19O3PS. The average Bonchev–Trinajstić information content (AvgIpc) is 1.95. The zero-order valence-electron chi connectivity index (χ0n) is 8.18. The first-order valence-electron chi connectivity index (χ1n) is 4.59. The van der Waals surface area contributed by atoms with Gasteiger partial charge >= 0.3 is 7.60 Å². The lowest BCUT2D eigenvalue weighted by Gasteiger charge is -2.20. The van der Waals surface area contributed by atoms with E-state index in [1.807, 2.05) is 6.92 Å². The zero-order chi connectivity index (χ0) is 10.5. The van der Waals surface area contributed by atoms with Gasteiger partial charge in [0.1, 0.15) is 0 Å². The van der Waals surface area contributed by atoms with E-state index in [4.69, 9.17) is 9.79 Å². The molecule has 0 aliphatic heterocycles. The van der Waals surface area contributed by atoms with Crippen LogP contribution in [0.1, 0.15) is 33.1 Å². The molecule has 80 valence electrons. The summed E-state index contributed by atoms with van der Waals surface area (Å²) in [5.74, 6) is 0.0316. The highest BCUT2D eigenvalue weighted by molar-refractivity contribution is 7.81. The molecule has 0 saturated heterocycles. The third-order valence-electron chi connectivity index (χ3n) is 2.08. The van der Waals surface area contributed by atoms with E-state index in [2.05, 4.69) is 19.6 Å². The van der Waals surface area contributed by atoms with E-state index < -0.39 is 7.60 Å². The van der Waals surface area contributed by atoms with Gasteiger partial charge < -0.3 is 9.79 Å². The fraction of sp³-hybridized carbons (Fsp3) is 1.00. The molecule has 0 heterocycles. The molecule has 2 unspecified atom stereocenters. The summed E-state index contributed by atoms with van der Waals surface area (Å²) < 4.78 is 10.8. The molecule has 2 atom stereocenters. The molecule has 5 heteroatoms. The SMILES string of the molecule is CCCCC(CP(=O)(O)O)C(C)S. The lowest BCUT2D eigenvalue weighted by atomic mass is 10.0. The lowest BCUT2D eigenvalue weighted by molar-refractivity contribution is 0.355. The molecule has 0 rings (SSSR count). The van der Waals surface area contributed by atoms with Crippen LogP contribution in [-0.4, -0.2) is 21.2 Å². The van der Waals surface area contributed by atoms with Crippen LogP contribution in [0.4, 0.5) is 0 Å². The van der Waals surface area contributed by atoms with Crippen molar-refractivity contribution in [2.24, 2.45) is 5.92 Å². The molecule has 0 saturated carbocycles. The maximum absolute atomic E-state index is 10.8. The smallest absolute Gasteiger partial charge is 0.324 e. The first-order chi connectivity index (χ1) is 5.87. The number of unbranched alkanes of at least 4 members (excludes halogenated alkanes) is 1. The van der Waals surface area contributed by atoms with Gasteiger partial charge in [-0.3, -0.25) is 4.57 Å². The van der Waals surface area contributed by atoms with Gasteiger partial charge in [0.15, 0.2) is 0 Å². The topological polar surface area (TPSA) is 57.5 Å². The van der Waals surface area contributed by atoms with Crippen molar-refractivity contribution in [1.29, 1.82) is 0 Å². The summed E-state index contributed by atoms with van der Waals surface area (Å²) in [7, 11) is -3.86. The predicted molar refractivity (Wildman–Crippen MR) is 58.4 cm³/mol. The minimum atomic E-state index is -3.86. The third-order valence-corrected chi connectivity index (χ3v) is 3.45. The fourth-order valence-corrected chi connectivity index (χ4v) is 2.79. The van der Waals surface area contributed by atoms with Crippen LogP contribution in [0.15, 0.2) is 0 Å². The van der Waals surface area contributed by atoms with Gasteiger partial charge in [0.2, 0.25) is 0 Å². The van der Waals surface area contributed by atoms with Crippen LogP contribution in [0.2, 0.25) is 0 Å². The van der Waals surface area contributed by atoms with Gasteiger partial charge in [0.05, 0.1) is 6.16 Å². The van der Waals surface area contributed by atoms with Crippen molar-refractivity contribution in [1.82, 2.24) is 0 Å². The molecule has 13 heavy (non-hydrogen) atoms. The van der Waals surface area contributed by atoms with Crippen molar-refractivity contribution in [3.8, 4) is 0 Å². The Bertz CT molecular complexity index is 178. The van der Waals surface area contributed by atoms with Crippen LogP contribution in [0, 0.1) is 5.92 Å². The molecule has 3 nitrogen and oxygen atoms in total. The summed E-state index contributed by atoms with van der Waals surface area (Å²) in [6.07, 6.45) is 2.89. The van der Waals surface area contributed by atoms with Crippen molar-refractivity contribution in [2.45, 2.75) is 38.4 Å². The molecule has 0 radical (unpaired) electrons. The Kier molecular flexibility index (Phi) is 6.31. The second-order valence-electron chi connectivity index (χ2n) is 3.49. The van der Waals surface area contributed by atoms with Gasteiger partial charge in [-0.1, -0.05) is 26.7 Å². The Morgan fingerprint density at radius 3 is 2.31 bits per heavy atom. The van der Waals surface area contributed by atoms with Crippen molar-refractivity contribution < 1.29 is 14.4 Å². The monoisotopic (exact) mass is 226 g/mol. The molecule has 0 aromatic carbocycles. The van der Waals surface area contributed by atoms with E-state index in [1.165, 1.54) is 0 Å². The van der Waals surface area contributed by atoms with E-state index in [0.29, 0.717) is 0 Å². The Morgan fingerprint density at radius 1 is 1.46 bits per heavy atom. The Hall–Kier alpha value is 0.500. The summed E-state index contributed by atoms with van der Waals surface area (Å²) in [5, 5.41) is 0.0548. The number of hydrogen-bond donors (Lipinski definition) is 3. The normalized spacial score (nSPS) is 17.0. The Morgan fingerprint density at radius 2 is 2.00 bits per heavy atom. The molecular weight excluding hydrogens is 207 g/mol. The van der Waals surface area contributed by atoms with Gasteiger partial charge in [0.25, 0.3) is 0 Å². The molecule has 0 fully saturated rings. The summed E-state index contributed by atoms with van der Waals surface area (Å²) in [5.41, 5.74) is 0. The van der Waals surface area contributed by atoms with Crippen molar-refractivity contribution in [3.63, 3.8) is 0 Å². The molecule has 0 bridgehead atoms. The quantitative estimate of drug-likeness (QED) is 0.481. The van der Waals surface area contributed by atoms with Gasteiger partial charge in [-0.05, 0) is 12.3 Å². The van der Waals surface area contributed by atoms with E-state index in [1.54, 1.807) is 0 Å². The highest BCUT2D eigenvalue weighted by atomic mass is 32.1. The summed E-state index contributed by atoms with van der Waals surface area (Å²) in [6.45, 7) is 3.96. The highest BCUT2D eigenvalue weighted by Gasteiger charge is 2.23. The van der Waals surface area contributed by atoms with Crippen molar-refractivity contribution in [3.05, 3.63) is 0 Å². The lowest BCUT2D eigenvalue weighted by Crippen LogP contribution is -2.16. The van der Waals surface area contributed by atoms with Gasteiger partial charge in [-0.2, -0.15) is 12.6 Å². The molecule has 0 spiro atoms. The molecule has 0 aliphatic rings. The van der Waals surface area contributed by atoms with Crippen molar-refractivity contribution >= 4 is 20.2 Å². The summed E-state index contributed by atoms with van der Waals surface area (Å²) >= 11 is 4.23. The third kappa shape index (κ3) is 7.56. The Balaban J connectivity index is 4.03. The Labute approximate surface area is 85.5 Å². The molecule has 0 amide bonds. The summed E-state index contributed by atoms with van der Waals surface area (Å²) in [4.78, 5) is 17.6. The van der Waals surface area contributed by atoms with Crippen LogP contribution in [0.3, 0.4) is 0 Å². The van der Waals surface area contributed by atoms with Crippen LogP contribution in [0.5, 0.6) is 0 Å². The number of rotatable bonds is 6. The van der Waals surface area contributed by atoms with Crippen molar-refractivity contribution in [2.75, 3.05) is 6.16 Å². The van der Waals surface area contributed by atoms with Crippen LogP contribution >= 0.6 is 20.2 Å². The molecule has 2 N–H and O–H groups in total. The van der Waals surface area contributed by atoms with E-state index in [0.717, 1.165) is 19.3 Å².